The fourth-order valence-corrected chi connectivity index (χ4v) is 2.34. The molecule has 22 heavy (non-hydrogen) atoms. The summed E-state index contributed by atoms with van der Waals surface area (Å²) < 4.78 is 3.26. The summed E-state index contributed by atoms with van der Waals surface area (Å²) in [6.07, 6.45) is 4.96. The highest BCUT2D eigenvalue weighted by molar-refractivity contribution is 6.30. The molecule has 0 bridgehead atoms. The average molecular weight is 316 g/mol. The molecule has 0 radical (unpaired) electrons. The Morgan fingerprint density at radius 1 is 1.32 bits per heavy atom. The summed E-state index contributed by atoms with van der Waals surface area (Å²) in [5.74, 6) is -0.220. The molecule has 7 heteroatoms. The third-order valence-corrected chi connectivity index (χ3v) is 3.41. The van der Waals surface area contributed by atoms with Gasteiger partial charge in [-0.1, -0.05) is 23.7 Å². The zero-order valence-corrected chi connectivity index (χ0v) is 12.7. The number of nitrogens with one attached hydrogen (secondary N) is 1. The number of nitrogens with zero attached hydrogens (tertiary/aromatic N) is 4. The predicted octanol–water partition coefficient (Wildman–Crippen LogP) is 2.57. The first-order chi connectivity index (χ1) is 10.6. The summed E-state index contributed by atoms with van der Waals surface area (Å²) in [5, 5.41) is 11.7. The molecule has 2 aromatic heterocycles. The molecule has 0 saturated carbocycles. The van der Waals surface area contributed by atoms with E-state index < -0.39 is 0 Å². The van der Waals surface area contributed by atoms with Crippen molar-refractivity contribution in [3.63, 3.8) is 0 Å². The maximum Gasteiger partial charge on any atom is 0.274 e. The van der Waals surface area contributed by atoms with Crippen LogP contribution in [0.3, 0.4) is 0 Å². The zero-order chi connectivity index (χ0) is 15.5. The summed E-state index contributed by atoms with van der Waals surface area (Å²) in [6, 6.07) is 9.24. The monoisotopic (exact) mass is 315 g/mol. The maximum absolute atomic E-state index is 12.1. The second kappa shape index (κ2) is 6.03. The first-order valence-electron chi connectivity index (χ1n) is 6.68. The van der Waals surface area contributed by atoms with Crippen LogP contribution < -0.4 is 5.32 Å². The van der Waals surface area contributed by atoms with Crippen LogP contribution in [0.2, 0.25) is 5.02 Å². The molecule has 0 aliphatic rings. The summed E-state index contributed by atoms with van der Waals surface area (Å²) in [4.78, 5) is 12.1. The van der Waals surface area contributed by atoms with Gasteiger partial charge < -0.3 is 5.32 Å². The predicted molar refractivity (Wildman–Crippen MR) is 83.9 cm³/mol. The molecule has 1 amide bonds. The van der Waals surface area contributed by atoms with Crippen molar-refractivity contribution in [3.05, 3.63) is 65.2 Å². The van der Waals surface area contributed by atoms with Gasteiger partial charge in [0.05, 0.1) is 18.4 Å². The van der Waals surface area contributed by atoms with Crippen LogP contribution in [-0.4, -0.2) is 25.5 Å². The zero-order valence-electron chi connectivity index (χ0n) is 11.9. The van der Waals surface area contributed by atoms with E-state index in [1.165, 1.54) is 4.68 Å². The molecule has 0 saturated heterocycles. The lowest BCUT2D eigenvalue weighted by Gasteiger charge is -2.03. The molecule has 0 aliphatic heterocycles. The molecule has 3 aromatic rings. The Kier molecular flexibility index (Phi) is 3.93. The number of carbonyl (C=O) groups excluding carboxylic acids is 1. The average Bonchev–Trinajstić information content (AvgIpc) is 3.08. The van der Waals surface area contributed by atoms with Crippen LogP contribution >= 0.6 is 11.6 Å². The van der Waals surface area contributed by atoms with E-state index in [9.17, 15) is 4.79 Å². The summed E-state index contributed by atoms with van der Waals surface area (Å²) >= 11 is 5.96. The van der Waals surface area contributed by atoms with Gasteiger partial charge in [0, 0.05) is 24.5 Å². The van der Waals surface area contributed by atoms with Crippen LogP contribution in [0.1, 0.15) is 16.1 Å². The molecule has 2 heterocycles. The molecule has 0 aliphatic carbocycles. The van der Waals surface area contributed by atoms with E-state index in [0.29, 0.717) is 22.9 Å². The molecule has 0 spiro atoms. The van der Waals surface area contributed by atoms with Crippen molar-refractivity contribution in [2.24, 2.45) is 7.05 Å². The van der Waals surface area contributed by atoms with Gasteiger partial charge >= 0.3 is 0 Å². The number of aryl methyl sites for hydroxylation is 1. The topological polar surface area (TPSA) is 64.7 Å². The Balaban J connectivity index is 1.69. The lowest BCUT2D eigenvalue weighted by atomic mass is 10.2. The van der Waals surface area contributed by atoms with Crippen LogP contribution in [0.4, 0.5) is 5.69 Å². The van der Waals surface area contributed by atoms with Crippen LogP contribution in [0.15, 0.2) is 48.9 Å². The van der Waals surface area contributed by atoms with Crippen molar-refractivity contribution in [2.45, 2.75) is 6.54 Å². The Morgan fingerprint density at radius 2 is 2.18 bits per heavy atom. The molecule has 6 nitrogen and oxygen atoms in total. The van der Waals surface area contributed by atoms with Gasteiger partial charge in [0.1, 0.15) is 5.69 Å². The molecule has 1 N–H and O–H groups in total. The van der Waals surface area contributed by atoms with Crippen molar-refractivity contribution < 1.29 is 4.79 Å². The van der Waals surface area contributed by atoms with Crippen LogP contribution in [0, 0.1) is 0 Å². The second-order valence-electron chi connectivity index (χ2n) is 4.85. The normalized spacial score (nSPS) is 10.6. The molecule has 3 rings (SSSR count). The fourth-order valence-electron chi connectivity index (χ4n) is 2.13. The standard InChI is InChI=1S/C15H14ClN5O/c1-20-14(5-6-17-20)15(22)19-13-8-18-21(10-13)9-11-3-2-4-12(16)7-11/h2-8,10H,9H2,1H3,(H,19,22). The van der Waals surface area contributed by atoms with E-state index in [4.69, 9.17) is 11.6 Å². The molecule has 1 aromatic carbocycles. The molecule has 112 valence electrons. The van der Waals surface area contributed by atoms with Crippen molar-refractivity contribution in [2.75, 3.05) is 5.32 Å². The lowest BCUT2D eigenvalue weighted by Crippen LogP contribution is -2.15. The Bertz CT molecular complexity index is 808. The number of anilines is 1. The van der Waals surface area contributed by atoms with E-state index in [-0.39, 0.29) is 5.91 Å². The highest BCUT2D eigenvalue weighted by Gasteiger charge is 2.11. The largest absolute Gasteiger partial charge is 0.318 e. The minimum atomic E-state index is -0.220. The van der Waals surface area contributed by atoms with Crippen molar-refractivity contribution in [1.29, 1.82) is 0 Å². The summed E-state index contributed by atoms with van der Waals surface area (Å²) in [5.41, 5.74) is 2.16. The molecule has 0 fully saturated rings. The smallest absolute Gasteiger partial charge is 0.274 e. The third-order valence-electron chi connectivity index (χ3n) is 3.18. The van der Waals surface area contributed by atoms with E-state index >= 15 is 0 Å². The fraction of sp³-hybridized carbons (Fsp3) is 0.133. The molecule has 0 atom stereocenters. The van der Waals surface area contributed by atoms with Gasteiger partial charge in [-0.05, 0) is 23.8 Å². The Morgan fingerprint density at radius 3 is 2.91 bits per heavy atom. The quantitative estimate of drug-likeness (QED) is 0.804. The van der Waals surface area contributed by atoms with Gasteiger partial charge in [-0.3, -0.25) is 14.2 Å². The minimum absolute atomic E-state index is 0.220. The number of amides is 1. The Hall–Kier alpha value is -2.60. The van der Waals surface area contributed by atoms with E-state index in [1.54, 1.807) is 36.4 Å². The lowest BCUT2D eigenvalue weighted by molar-refractivity contribution is 0.101. The second-order valence-corrected chi connectivity index (χ2v) is 5.29. The first kappa shape index (κ1) is 14.3. The Labute approximate surface area is 132 Å². The van der Waals surface area contributed by atoms with E-state index in [1.807, 2.05) is 24.3 Å². The number of halogens is 1. The van der Waals surface area contributed by atoms with Gasteiger partial charge in [-0.2, -0.15) is 10.2 Å². The van der Waals surface area contributed by atoms with Crippen molar-refractivity contribution in [1.82, 2.24) is 19.6 Å². The number of hydrogen-bond acceptors (Lipinski definition) is 3. The summed E-state index contributed by atoms with van der Waals surface area (Å²) in [6.45, 7) is 0.585. The SMILES string of the molecule is Cn1nccc1C(=O)Nc1cnn(Cc2cccc(Cl)c2)c1. The van der Waals surface area contributed by atoms with Gasteiger partial charge in [-0.15, -0.1) is 0 Å². The van der Waals surface area contributed by atoms with Crippen molar-refractivity contribution >= 4 is 23.2 Å². The number of carbonyl (C=O) groups is 1. The van der Waals surface area contributed by atoms with Crippen LogP contribution in [0.5, 0.6) is 0 Å². The number of benzene rings is 1. The first-order valence-corrected chi connectivity index (χ1v) is 7.06. The molecular weight excluding hydrogens is 302 g/mol. The van der Waals surface area contributed by atoms with Gasteiger partial charge in [0.25, 0.3) is 5.91 Å². The maximum atomic E-state index is 12.1. The molecule has 0 unspecified atom stereocenters. The highest BCUT2D eigenvalue weighted by atomic mass is 35.5. The highest BCUT2D eigenvalue weighted by Crippen LogP contribution is 2.13. The third kappa shape index (κ3) is 3.17. The van der Waals surface area contributed by atoms with Crippen LogP contribution in [0.25, 0.3) is 0 Å². The van der Waals surface area contributed by atoms with Gasteiger partial charge in [-0.25, -0.2) is 0 Å². The van der Waals surface area contributed by atoms with Gasteiger partial charge in [0.2, 0.25) is 0 Å². The number of rotatable bonds is 4. The van der Waals surface area contributed by atoms with E-state index in [0.717, 1.165) is 5.56 Å². The van der Waals surface area contributed by atoms with Crippen molar-refractivity contribution in [3.8, 4) is 0 Å². The minimum Gasteiger partial charge on any atom is -0.318 e. The summed E-state index contributed by atoms with van der Waals surface area (Å²) in [7, 11) is 1.72. The van der Waals surface area contributed by atoms with Gasteiger partial charge in [0.15, 0.2) is 0 Å². The van der Waals surface area contributed by atoms with E-state index in [2.05, 4.69) is 15.5 Å². The number of hydrogen-bond donors (Lipinski definition) is 1. The molecular formula is C15H14ClN5O. The van der Waals surface area contributed by atoms with Crippen LogP contribution in [-0.2, 0) is 13.6 Å². The number of aromatic nitrogens is 4.